The summed E-state index contributed by atoms with van der Waals surface area (Å²) in [6.45, 7) is 0.363. The zero-order chi connectivity index (χ0) is 11.2. The summed E-state index contributed by atoms with van der Waals surface area (Å²) in [7, 11) is 0. The normalized spacial score (nSPS) is 9.50. The summed E-state index contributed by atoms with van der Waals surface area (Å²) in [6.07, 6.45) is 3.54. The van der Waals surface area contributed by atoms with Gasteiger partial charge in [0.15, 0.2) is 0 Å². The topological polar surface area (TPSA) is 61.7 Å². The minimum atomic E-state index is 0.363. The zero-order valence-electron chi connectivity index (χ0n) is 8.61. The molecule has 0 aliphatic carbocycles. The zero-order valence-corrected chi connectivity index (χ0v) is 8.61. The molecule has 0 aliphatic rings. The van der Waals surface area contributed by atoms with Crippen molar-refractivity contribution in [2.45, 2.75) is 6.54 Å². The van der Waals surface area contributed by atoms with Crippen LogP contribution < -0.4 is 0 Å². The molecule has 0 saturated heterocycles. The van der Waals surface area contributed by atoms with E-state index in [0.717, 1.165) is 16.7 Å². The number of nitrogens with zero attached hydrogens (tertiary/aromatic N) is 4. The van der Waals surface area contributed by atoms with E-state index >= 15 is 0 Å². The number of pyridine rings is 1. The van der Waals surface area contributed by atoms with Crippen molar-refractivity contribution in [3.63, 3.8) is 0 Å². The highest BCUT2D eigenvalue weighted by atomic mass is 15.1. The summed E-state index contributed by atoms with van der Waals surface area (Å²) in [4.78, 5) is 6.85. The molecule has 16 heavy (non-hydrogen) atoms. The monoisotopic (exact) mass is 210 g/mol. The number of aromatic nitrogens is 1. The molecule has 0 fully saturated rings. The van der Waals surface area contributed by atoms with Gasteiger partial charge in [-0.2, -0.15) is 0 Å². The van der Waals surface area contributed by atoms with Crippen molar-refractivity contribution in [2.75, 3.05) is 0 Å². The van der Waals surface area contributed by atoms with Crippen LogP contribution in [0.4, 0.5) is 0 Å². The fraction of sp³-hybridized carbons (Fsp3) is 0.0833. The van der Waals surface area contributed by atoms with Gasteiger partial charge >= 0.3 is 0 Å². The van der Waals surface area contributed by atoms with Gasteiger partial charge < -0.3 is 0 Å². The predicted molar refractivity (Wildman–Crippen MR) is 62.5 cm³/mol. The molecule has 0 spiro atoms. The van der Waals surface area contributed by atoms with Crippen LogP contribution in [0.1, 0.15) is 5.56 Å². The van der Waals surface area contributed by atoms with Gasteiger partial charge in [0, 0.05) is 22.9 Å². The Bertz CT molecular complexity index is 516. The van der Waals surface area contributed by atoms with Crippen molar-refractivity contribution in [3.8, 4) is 11.1 Å². The summed E-state index contributed by atoms with van der Waals surface area (Å²) in [6, 6.07) is 11.7. The number of azide groups is 1. The molecule has 0 N–H and O–H groups in total. The van der Waals surface area contributed by atoms with Crippen molar-refractivity contribution < 1.29 is 0 Å². The van der Waals surface area contributed by atoms with Gasteiger partial charge in [0.25, 0.3) is 0 Å². The molecule has 1 aromatic carbocycles. The van der Waals surface area contributed by atoms with Crippen LogP contribution in [0.25, 0.3) is 21.6 Å². The third-order valence-corrected chi connectivity index (χ3v) is 2.29. The van der Waals surface area contributed by atoms with Gasteiger partial charge in [-0.3, -0.25) is 4.98 Å². The van der Waals surface area contributed by atoms with E-state index in [1.807, 2.05) is 36.4 Å². The van der Waals surface area contributed by atoms with E-state index < -0.39 is 0 Å². The Morgan fingerprint density at radius 1 is 1.19 bits per heavy atom. The highest BCUT2D eigenvalue weighted by Crippen LogP contribution is 2.23. The molecule has 1 aromatic heterocycles. The van der Waals surface area contributed by atoms with Gasteiger partial charge in [0.05, 0.1) is 6.54 Å². The molecule has 1 heterocycles. The lowest BCUT2D eigenvalue weighted by Crippen LogP contribution is -1.87. The van der Waals surface area contributed by atoms with Crippen LogP contribution >= 0.6 is 0 Å². The predicted octanol–water partition coefficient (Wildman–Crippen LogP) is 3.56. The van der Waals surface area contributed by atoms with Crippen LogP contribution in [0.15, 0.2) is 53.9 Å². The molecule has 0 amide bonds. The van der Waals surface area contributed by atoms with E-state index in [4.69, 9.17) is 5.53 Å². The smallest absolute Gasteiger partial charge is 0.0517 e. The van der Waals surface area contributed by atoms with E-state index in [1.165, 1.54) is 0 Å². The van der Waals surface area contributed by atoms with E-state index in [2.05, 4.69) is 15.0 Å². The third-order valence-electron chi connectivity index (χ3n) is 2.29. The first-order chi connectivity index (χ1) is 7.92. The maximum absolute atomic E-state index is 8.34. The molecule has 2 aromatic rings. The van der Waals surface area contributed by atoms with Crippen molar-refractivity contribution in [1.29, 1.82) is 0 Å². The Kier molecular flexibility index (Phi) is 3.16. The Labute approximate surface area is 93.2 Å². The summed E-state index contributed by atoms with van der Waals surface area (Å²) >= 11 is 0. The van der Waals surface area contributed by atoms with Gasteiger partial charge in [-0.25, -0.2) is 0 Å². The Morgan fingerprint density at radius 3 is 2.81 bits per heavy atom. The van der Waals surface area contributed by atoms with Crippen LogP contribution in [-0.2, 0) is 6.54 Å². The lowest BCUT2D eigenvalue weighted by molar-refractivity contribution is 1.05. The lowest BCUT2D eigenvalue weighted by atomic mass is 10.0. The van der Waals surface area contributed by atoms with Crippen LogP contribution in [0.2, 0.25) is 0 Å². The highest BCUT2D eigenvalue weighted by Gasteiger charge is 2.02. The van der Waals surface area contributed by atoms with Crippen LogP contribution in [-0.4, -0.2) is 4.98 Å². The van der Waals surface area contributed by atoms with E-state index in [1.54, 1.807) is 12.4 Å². The van der Waals surface area contributed by atoms with Crippen molar-refractivity contribution in [1.82, 2.24) is 4.98 Å². The largest absolute Gasteiger partial charge is 0.264 e. The van der Waals surface area contributed by atoms with Gasteiger partial charge in [0.2, 0.25) is 0 Å². The van der Waals surface area contributed by atoms with Gasteiger partial charge in [-0.15, -0.1) is 0 Å². The SMILES string of the molecule is [N-]=[N+]=NCc1ccccc1-c1cccnc1. The molecule has 4 heteroatoms. The third kappa shape index (κ3) is 2.19. The standard InChI is InChI=1S/C12H10N4/c13-16-15-9-11-4-1-2-6-12(11)10-5-3-7-14-8-10/h1-8H,9H2. The number of rotatable bonds is 3. The van der Waals surface area contributed by atoms with Crippen molar-refractivity contribution in [2.24, 2.45) is 5.11 Å². The summed E-state index contributed by atoms with van der Waals surface area (Å²) in [5.41, 5.74) is 11.4. The molecular formula is C12H10N4. The van der Waals surface area contributed by atoms with E-state index in [-0.39, 0.29) is 0 Å². The first-order valence-electron chi connectivity index (χ1n) is 4.91. The van der Waals surface area contributed by atoms with E-state index in [0.29, 0.717) is 6.54 Å². The number of hydrogen-bond donors (Lipinski definition) is 0. The summed E-state index contributed by atoms with van der Waals surface area (Å²) < 4.78 is 0. The molecule has 4 nitrogen and oxygen atoms in total. The molecule has 78 valence electrons. The first kappa shape index (κ1) is 10.2. The maximum Gasteiger partial charge on any atom is 0.0517 e. The first-order valence-corrected chi connectivity index (χ1v) is 4.91. The second kappa shape index (κ2) is 4.96. The molecule has 0 aliphatic heterocycles. The summed E-state index contributed by atoms with van der Waals surface area (Å²) in [5.74, 6) is 0. The average Bonchev–Trinajstić information content (AvgIpc) is 2.38. The fourth-order valence-electron chi connectivity index (χ4n) is 1.57. The van der Waals surface area contributed by atoms with Gasteiger partial charge in [-0.1, -0.05) is 35.4 Å². The molecule has 0 saturated carbocycles. The minimum absolute atomic E-state index is 0.363. The van der Waals surface area contributed by atoms with Crippen molar-refractivity contribution >= 4 is 0 Å². The molecule has 2 rings (SSSR count). The molecule has 0 atom stereocenters. The number of hydrogen-bond acceptors (Lipinski definition) is 2. The van der Waals surface area contributed by atoms with Crippen LogP contribution in [0.5, 0.6) is 0 Å². The minimum Gasteiger partial charge on any atom is -0.264 e. The summed E-state index contributed by atoms with van der Waals surface area (Å²) in [5, 5.41) is 3.59. The second-order valence-electron chi connectivity index (χ2n) is 3.29. The Balaban J connectivity index is 2.44. The average molecular weight is 210 g/mol. The Morgan fingerprint density at radius 2 is 2.06 bits per heavy atom. The Hall–Kier alpha value is -2.32. The molecule has 0 unspecified atom stereocenters. The van der Waals surface area contributed by atoms with E-state index in [9.17, 15) is 0 Å². The lowest BCUT2D eigenvalue weighted by Gasteiger charge is -2.06. The number of benzene rings is 1. The quantitative estimate of drug-likeness (QED) is 0.434. The van der Waals surface area contributed by atoms with Gasteiger partial charge in [-0.05, 0) is 22.7 Å². The maximum atomic E-state index is 8.34. The van der Waals surface area contributed by atoms with Gasteiger partial charge in [0.1, 0.15) is 0 Å². The van der Waals surface area contributed by atoms with Crippen LogP contribution in [0, 0.1) is 0 Å². The molecule has 0 radical (unpaired) electrons. The highest BCUT2D eigenvalue weighted by molar-refractivity contribution is 5.66. The fourth-order valence-corrected chi connectivity index (χ4v) is 1.57. The molecular weight excluding hydrogens is 200 g/mol. The molecule has 0 bridgehead atoms. The second-order valence-corrected chi connectivity index (χ2v) is 3.29. The van der Waals surface area contributed by atoms with Crippen molar-refractivity contribution in [3.05, 3.63) is 64.8 Å². The van der Waals surface area contributed by atoms with Crippen LogP contribution in [0.3, 0.4) is 0 Å².